The molecule has 0 aliphatic rings. The van der Waals surface area contributed by atoms with Crippen molar-refractivity contribution in [1.29, 1.82) is 0 Å². The van der Waals surface area contributed by atoms with E-state index < -0.39 is 47.5 Å². The summed E-state index contributed by atoms with van der Waals surface area (Å²) in [5, 5.41) is 22.4. The molecule has 6 amide bonds. The van der Waals surface area contributed by atoms with Gasteiger partial charge in [-0.25, -0.2) is 9.59 Å². The number of anilines is 1. The monoisotopic (exact) mass is 638 g/mol. The normalized spacial score (nSPS) is 12.5. The summed E-state index contributed by atoms with van der Waals surface area (Å²) in [5.74, 6) is -1.71. The number of urea groups is 1. The lowest BCUT2D eigenvalue weighted by atomic mass is 10.0. The number of aliphatic hydroxyl groups is 1. The van der Waals surface area contributed by atoms with Crippen molar-refractivity contribution >= 4 is 35.5 Å². The number of nitrogens with two attached hydrogens (primary N) is 1. The van der Waals surface area contributed by atoms with Gasteiger partial charge in [-0.3, -0.25) is 14.4 Å². The summed E-state index contributed by atoms with van der Waals surface area (Å²) in [6.45, 7) is 10.1. The molecule has 0 saturated heterocycles. The first-order valence-electron chi connectivity index (χ1n) is 15.0. The van der Waals surface area contributed by atoms with Crippen LogP contribution in [0.1, 0.15) is 59.4 Å². The molecule has 0 heterocycles. The lowest BCUT2D eigenvalue weighted by molar-refractivity contribution is -0.132. The molecular formula is C30H50N6O9. The molecule has 0 spiro atoms. The van der Waals surface area contributed by atoms with Crippen LogP contribution in [-0.2, 0) is 35.2 Å². The van der Waals surface area contributed by atoms with E-state index in [4.69, 9.17) is 19.9 Å². The van der Waals surface area contributed by atoms with Crippen molar-refractivity contribution < 1.29 is 43.3 Å². The van der Waals surface area contributed by atoms with Crippen molar-refractivity contribution in [2.75, 3.05) is 44.8 Å². The maximum atomic E-state index is 13.2. The lowest BCUT2D eigenvalue weighted by Gasteiger charge is -2.25. The molecule has 0 aromatic heterocycles. The third kappa shape index (κ3) is 18.5. The largest absolute Gasteiger partial charge is 0.444 e. The van der Waals surface area contributed by atoms with Gasteiger partial charge in [0.1, 0.15) is 17.7 Å². The van der Waals surface area contributed by atoms with Gasteiger partial charge in [0.2, 0.25) is 17.7 Å². The van der Waals surface area contributed by atoms with Gasteiger partial charge in [0.25, 0.3) is 0 Å². The summed E-state index contributed by atoms with van der Waals surface area (Å²) in [5.41, 5.74) is 5.68. The number of amides is 6. The van der Waals surface area contributed by atoms with Crippen LogP contribution >= 0.6 is 0 Å². The maximum Gasteiger partial charge on any atom is 0.407 e. The smallest absolute Gasteiger partial charge is 0.407 e. The van der Waals surface area contributed by atoms with Crippen LogP contribution in [0.3, 0.4) is 0 Å². The van der Waals surface area contributed by atoms with Crippen LogP contribution in [0.5, 0.6) is 0 Å². The van der Waals surface area contributed by atoms with Gasteiger partial charge in [-0.05, 0) is 57.2 Å². The molecule has 0 radical (unpaired) electrons. The highest BCUT2D eigenvalue weighted by molar-refractivity contribution is 5.98. The predicted molar refractivity (Wildman–Crippen MR) is 167 cm³/mol. The first-order chi connectivity index (χ1) is 21.2. The highest BCUT2D eigenvalue weighted by atomic mass is 16.6. The minimum atomic E-state index is -0.967. The predicted octanol–water partition coefficient (Wildman–Crippen LogP) is 1.14. The number of benzene rings is 1. The van der Waals surface area contributed by atoms with Gasteiger partial charge in [0, 0.05) is 25.2 Å². The van der Waals surface area contributed by atoms with E-state index in [2.05, 4.69) is 26.6 Å². The molecule has 254 valence electrons. The summed E-state index contributed by atoms with van der Waals surface area (Å²) >= 11 is 0. The second kappa shape index (κ2) is 20.9. The highest BCUT2D eigenvalue weighted by Gasteiger charge is 2.28. The number of hydrogen-bond donors (Lipinski definition) is 7. The molecule has 45 heavy (non-hydrogen) atoms. The van der Waals surface area contributed by atoms with E-state index >= 15 is 0 Å². The average Bonchev–Trinajstić information content (AvgIpc) is 2.95. The molecule has 1 rings (SSSR count). The maximum absolute atomic E-state index is 13.2. The molecule has 0 unspecified atom stereocenters. The Morgan fingerprint density at radius 1 is 0.867 bits per heavy atom. The number of ether oxygens (including phenoxy) is 3. The standard InChI is InChI=1S/C30H50N6O9/c1-20(2)25(36-24(38)12-15-43-17-18-44-16-14-33-29(42)45-30(3,4)5)27(40)35-23(7-6-13-32-28(31)41)26(39)34-22-10-8-21(19-37)9-11-22/h8-11,20,23,25,37H,6-7,12-19H2,1-5H3,(H,33,42)(H,34,39)(H,35,40)(H,36,38)(H3,31,32,41)/t23-,25-/m0/s1. The van der Waals surface area contributed by atoms with Crippen LogP contribution in [0.25, 0.3) is 0 Å². The Labute approximate surface area is 264 Å². The molecule has 0 aliphatic heterocycles. The zero-order valence-corrected chi connectivity index (χ0v) is 26.9. The third-order valence-electron chi connectivity index (χ3n) is 6.03. The Morgan fingerprint density at radius 2 is 1.51 bits per heavy atom. The molecule has 2 atom stereocenters. The van der Waals surface area contributed by atoms with Gasteiger partial charge in [0.15, 0.2) is 0 Å². The van der Waals surface area contributed by atoms with Gasteiger partial charge < -0.3 is 51.6 Å². The molecule has 0 saturated carbocycles. The Balaban J connectivity index is 2.54. The number of primary amides is 1. The summed E-state index contributed by atoms with van der Waals surface area (Å²) in [6.07, 6.45) is 0.0231. The number of hydrogen-bond acceptors (Lipinski definition) is 9. The van der Waals surface area contributed by atoms with Crippen molar-refractivity contribution in [2.45, 2.75) is 78.2 Å². The fraction of sp³-hybridized carbons (Fsp3) is 0.633. The fourth-order valence-electron chi connectivity index (χ4n) is 3.78. The number of carbonyl (C=O) groups excluding carboxylic acids is 5. The van der Waals surface area contributed by atoms with E-state index in [1.54, 1.807) is 58.9 Å². The van der Waals surface area contributed by atoms with Crippen LogP contribution in [-0.4, -0.2) is 92.2 Å². The van der Waals surface area contributed by atoms with Crippen molar-refractivity contribution in [3.05, 3.63) is 29.8 Å². The van der Waals surface area contributed by atoms with E-state index in [-0.39, 0.29) is 64.9 Å². The number of aliphatic hydroxyl groups excluding tert-OH is 1. The molecule has 0 aliphatic carbocycles. The van der Waals surface area contributed by atoms with E-state index in [0.29, 0.717) is 17.7 Å². The molecule has 1 aromatic rings. The van der Waals surface area contributed by atoms with Crippen molar-refractivity contribution in [1.82, 2.24) is 21.3 Å². The molecular weight excluding hydrogens is 588 g/mol. The second-order valence-electron chi connectivity index (χ2n) is 11.5. The Bertz CT molecular complexity index is 1080. The van der Waals surface area contributed by atoms with Crippen molar-refractivity contribution in [2.24, 2.45) is 11.7 Å². The van der Waals surface area contributed by atoms with Crippen molar-refractivity contribution in [3.63, 3.8) is 0 Å². The summed E-state index contributed by atoms with van der Waals surface area (Å²) in [6, 6.07) is 4.00. The van der Waals surface area contributed by atoms with E-state index in [1.807, 2.05) is 0 Å². The molecule has 0 bridgehead atoms. The number of carbonyl (C=O) groups is 5. The number of alkyl carbamates (subject to hydrolysis) is 1. The van der Waals surface area contributed by atoms with E-state index in [9.17, 15) is 29.1 Å². The topological polar surface area (TPSA) is 219 Å². The van der Waals surface area contributed by atoms with E-state index in [1.165, 1.54) is 0 Å². The second-order valence-corrected chi connectivity index (χ2v) is 11.5. The van der Waals surface area contributed by atoms with Gasteiger partial charge in [-0.2, -0.15) is 0 Å². The quantitative estimate of drug-likeness (QED) is 0.102. The molecule has 15 nitrogen and oxygen atoms in total. The zero-order chi connectivity index (χ0) is 33.8. The van der Waals surface area contributed by atoms with Gasteiger partial charge in [-0.1, -0.05) is 26.0 Å². The zero-order valence-electron chi connectivity index (χ0n) is 26.9. The Kier molecular flexibility index (Phi) is 18.2. The minimum absolute atomic E-state index is 0.00321. The van der Waals surface area contributed by atoms with Crippen LogP contribution in [0.15, 0.2) is 24.3 Å². The first kappa shape index (κ1) is 39.1. The van der Waals surface area contributed by atoms with Crippen LogP contribution in [0.2, 0.25) is 0 Å². The molecule has 0 fully saturated rings. The summed E-state index contributed by atoms with van der Waals surface area (Å²) in [4.78, 5) is 61.5. The fourth-order valence-corrected chi connectivity index (χ4v) is 3.78. The third-order valence-corrected chi connectivity index (χ3v) is 6.03. The van der Waals surface area contributed by atoms with Gasteiger partial charge in [-0.15, -0.1) is 0 Å². The van der Waals surface area contributed by atoms with Crippen LogP contribution in [0, 0.1) is 5.92 Å². The molecule has 15 heteroatoms. The Morgan fingerprint density at radius 3 is 2.09 bits per heavy atom. The minimum Gasteiger partial charge on any atom is -0.444 e. The van der Waals surface area contributed by atoms with Crippen molar-refractivity contribution in [3.8, 4) is 0 Å². The van der Waals surface area contributed by atoms with Crippen LogP contribution < -0.4 is 32.3 Å². The number of nitrogens with one attached hydrogen (secondary N) is 5. The summed E-state index contributed by atoms with van der Waals surface area (Å²) < 4.78 is 15.9. The molecule has 8 N–H and O–H groups in total. The van der Waals surface area contributed by atoms with Gasteiger partial charge in [0.05, 0.1) is 33.0 Å². The van der Waals surface area contributed by atoms with Crippen LogP contribution in [0.4, 0.5) is 15.3 Å². The molecule has 1 aromatic carbocycles. The van der Waals surface area contributed by atoms with Gasteiger partial charge >= 0.3 is 12.1 Å². The highest BCUT2D eigenvalue weighted by Crippen LogP contribution is 2.12. The Hall–Kier alpha value is -3.95. The van der Waals surface area contributed by atoms with E-state index in [0.717, 1.165) is 0 Å². The first-order valence-corrected chi connectivity index (χ1v) is 15.0. The number of rotatable bonds is 20. The summed E-state index contributed by atoms with van der Waals surface area (Å²) in [7, 11) is 0. The average molecular weight is 639 g/mol. The lowest BCUT2D eigenvalue weighted by Crippen LogP contribution is -2.54. The SMILES string of the molecule is CC(C)[C@H](NC(=O)CCOCCOCCNC(=O)OC(C)(C)C)C(=O)N[C@@H](CCCNC(N)=O)C(=O)Nc1ccc(CO)cc1.